The molecule has 0 aromatic carbocycles. The van der Waals surface area contributed by atoms with E-state index in [4.69, 9.17) is 4.74 Å². The monoisotopic (exact) mass is 214 g/mol. The maximum Gasteiger partial charge on any atom is 0.308 e. The second-order valence-electron chi connectivity index (χ2n) is 4.08. The highest BCUT2D eigenvalue weighted by Crippen LogP contribution is 2.17. The Hall–Kier alpha value is -0.860. The van der Waals surface area contributed by atoms with Crippen LogP contribution in [0, 0.1) is 11.8 Å². The first kappa shape index (κ1) is 14.1. The molecule has 0 saturated heterocycles. The van der Waals surface area contributed by atoms with Crippen LogP contribution in [0.25, 0.3) is 0 Å². The van der Waals surface area contributed by atoms with Gasteiger partial charge in [-0.2, -0.15) is 0 Å². The zero-order valence-corrected chi connectivity index (χ0v) is 9.99. The summed E-state index contributed by atoms with van der Waals surface area (Å²) in [6.45, 7) is 6.27. The Balaban J connectivity index is 3.64. The quantitative estimate of drug-likeness (QED) is 0.460. The van der Waals surface area contributed by atoms with Gasteiger partial charge in [-0.1, -0.05) is 13.8 Å². The van der Waals surface area contributed by atoms with Crippen molar-refractivity contribution in [3.8, 4) is 0 Å². The summed E-state index contributed by atoms with van der Waals surface area (Å²) in [7, 11) is 0. The molecule has 0 N–H and O–H groups in total. The number of hydrogen-bond acceptors (Lipinski definition) is 3. The maximum atomic E-state index is 11.3. The van der Waals surface area contributed by atoms with Crippen LogP contribution in [0.2, 0.25) is 0 Å². The third kappa shape index (κ3) is 7.11. The molecule has 0 heterocycles. The molecule has 0 aliphatic rings. The first-order valence-electron chi connectivity index (χ1n) is 5.72. The Bertz CT molecular complexity index is 189. The topological polar surface area (TPSA) is 43.4 Å². The van der Waals surface area contributed by atoms with Crippen LogP contribution in [0.4, 0.5) is 0 Å². The van der Waals surface area contributed by atoms with Gasteiger partial charge in [0.15, 0.2) is 0 Å². The first-order chi connectivity index (χ1) is 7.11. The molecular formula is C12H22O3. The zero-order chi connectivity index (χ0) is 11.7. The van der Waals surface area contributed by atoms with Gasteiger partial charge in [-0.05, 0) is 32.1 Å². The number of carbonyl (C=O) groups excluding carboxylic acids is 2. The summed E-state index contributed by atoms with van der Waals surface area (Å²) in [5.41, 5.74) is 0. The van der Waals surface area contributed by atoms with Gasteiger partial charge in [0.2, 0.25) is 0 Å². The molecule has 0 rings (SSSR count). The van der Waals surface area contributed by atoms with E-state index < -0.39 is 0 Å². The zero-order valence-electron chi connectivity index (χ0n) is 9.99. The highest BCUT2D eigenvalue weighted by Gasteiger charge is 2.14. The molecule has 0 amide bonds. The van der Waals surface area contributed by atoms with Crippen molar-refractivity contribution in [2.45, 2.75) is 46.5 Å². The van der Waals surface area contributed by atoms with Crippen molar-refractivity contribution < 1.29 is 14.3 Å². The van der Waals surface area contributed by atoms with Crippen LogP contribution in [0.15, 0.2) is 0 Å². The average molecular weight is 214 g/mol. The number of aldehydes is 1. The SMILES string of the molecule is CCOC(=O)C(C)CC[C@H](C)CCC=O. The van der Waals surface area contributed by atoms with E-state index in [0.29, 0.717) is 18.9 Å². The van der Waals surface area contributed by atoms with E-state index in [-0.39, 0.29) is 11.9 Å². The van der Waals surface area contributed by atoms with Crippen molar-refractivity contribution in [3.63, 3.8) is 0 Å². The third-order valence-corrected chi connectivity index (χ3v) is 2.56. The summed E-state index contributed by atoms with van der Waals surface area (Å²) in [6, 6.07) is 0. The fourth-order valence-corrected chi connectivity index (χ4v) is 1.43. The van der Waals surface area contributed by atoms with Crippen LogP contribution in [0.5, 0.6) is 0 Å². The van der Waals surface area contributed by atoms with E-state index in [9.17, 15) is 9.59 Å². The number of ether oxygens (including phenoxy) is 1. The molecule has 0 aromatic heterocycles. The van der Waals surface area contributed by atoms with Gasteiger partial charge in [-0.3, -0.25) is 4.79 Å². The van der Waals surface area contributed by atoms with E-state index in [1.54, 1.807) is 0 Å². The van der Waals surface area contributed by atoms with Gasteiger partial charge in [0.05, 0.1) is 12.5 Å². The lowest BCUT2D eigenvalue weighted by Crippen LogP contribution is -2.15. The van der Waals surface area contributed by atoms with Crippen LogP contribution in [-0.4, -0.2) is 18.9 Å². The van der Waals surface area contributed by atoms with Crippen LogP contribution < -0.4 is 0 Å². The molecule has 0 spiro atoms. The molecule has 0 radical (unpaired) electrons. The highest BCUT2D eigenvalue weighted by atomic mass is 16.5. The van der Waals surface area contributed by atoms with E-state index >= 15 is 0 Å². The predicted molar refractivity (Wildman–Crippen MR) is 59.5 cm³/mol. The average Bonchev–Trinajstić information content (AvgIpc) is 2.23. The predicted octanol–water partition coefficient (Wildman–Crippen LogP) is 2.58. The molecule has 1 unspecified atom stereocenters. The number of rotatable bonds is 8. The maximum absolute atomic E-state index is 11.3. The molecule has 15 heavy (non-hydrogen) atoms. The number of esters is 1. The Kier molecular flexibility index (Phi) is 7.96. The molecule has 2 atom stereocenters. The van der Waals surface area contributed by atoms with Crippen molar-refractivity contribution in [2.24, 2.45) is 11.8 Å². The fraction of sp³-hybridized carbons (Fsp3) is 0.833. The van der Waals surface area contributed by atoms with Gasteiger partial charge in [0, 0.05) is 6.42 Å². The molecule has 3 heteroatoms. The summed E-state index contributed by atoms with van der Waals surface area (Å²) in [5, 5.41) is 0. The summed E-state index contributed by atoms with van der Waals surface area (Å²) >= 11 is 0. The molecule has 88 valence electrons. The van der Waals surface area contributed by atoms with Crippen molar-refractivity contribution >= 4 is 12.3 Å². The molecule has 3 nitrogen and oxygen atoms in total. The van der Waals surface area contributed by atoms with Gasteiger partial charge in [0.25, 0.3) is 0 Å². The Labute approximate surface area is 92.2 Å². The van der Waals surface area contributed by atoms with Gasteiger partial charge in [0.1, 0.15) is 6.29 Å². The fourth-order valence-electron chi connectivity index (χ4n) is 1.43. The molecule has 0 bridgehead atoms. The van der Waals surface area contributed by atoms with E-state index in [1.807, 2.05) is 13.8 Å². The Morgan fingerprint density at radius 3 is 2.47 bits per heavy atom. The van der Waals surface area contributed by atoms with Crippen LogP contribution in [0.3, 0.4) is 0 Å². The van der Waals surface area contributed by atoms with Crippen molar-refractivity contribution in [1.82, 2.24) is 0 Å². The van der Waals surface area contributed by atoms with E-state index in [2.05, 4.69) is 6.92 Å². The van der Waals surface area contributed by atoms with Gasteiger partial charge >= 0.3 is 5.97 Å². The minimum atomic E-state index is -0.111. The molecule has 0 aromatic rings. The molecule has 0 saturated carbocycles. The van der Waals surface area contributed by atoms with E-state index in [0.717, 1.165) is 25.5 Å². The summed E-state index contributed by atoms with van der Waals surface area (Å²) < 4.78 is 4.92. The summed E-state index contributed by atoms with van der Waals surface area (Å²) in [6.07, 6.45) is 4.31. The van der Waals surface area contributed by atoms with Crippen molar-refractivity contribution in [3.05, 3.63) is 0 Å². The minimum Gasteiger partial charge on any atom is -0.466 e. The molecule has 0 fully saturated rings. The number of hydrogen-bond donors (Lipinski definition) is 0. The van der Waals surface area contributed by atoms with Gasteiger partial charge in [-0.25, -0.2) is 0 Å². The minimum absolute atomic E-state index is 0.0244. The largest absolute Gasteiger partial charge is 0.466 e. The standard InChI is InChI=1S/C12H22O3/c1-4-15-12(14)11(3)8-7-10(2)6-5-9-13/h9-11H,4-8H2,1-3H3/t10-,11?/m1/s1. The summed E-state index contributed by atoms with van der Waals surface area (Å²) in [5.74, 6) is 0.371. The van der Waals surface area contributed by atoms with Crippen LogP contribution in [0.1, 0.15) is 46.5 Å². The summed E-state index contributed by atoms with van der Waals surface area (Å²) in [4.78, 5) is 21.5. The van der Waals surface area contributed by atoms with Crippen molar-refractivity contribution in [2.75, 3.05) is 6.61 Å². The second-order valence-corrected chi connectivity index (χ2v) is 4.08. The Morgan fingerprint density at radius 2 is 1.93 bits per heavy atom. The van der Waals surface area contributed by atoms with Crippen molar-refractivity contribution in [1.29, 1.82) is 0 Å². The molecular weight excluding hydrogens is 192 g/mol. The molecule has 0 aliphatic carbocycles. The lowest BCUT2D eigenvalue weighted by molar-refractivity contribution is -0.147. The normalized spacial score (nSPS) is 14.3. The second kappa shape index (κ2) is 8.45. The highest BCUT2D eigenvalue weighted by molar-refractivity contribution is 5.71. The third-order valence-electron chi connectivity index (χ3n) is 2.56. The Morgan fingerprint density at radius 1 is 1.27 bits per heavy atom. The van der Waals surface area contributed by atoms with E-state index in [1.165, 1.54) is 0 Å². The first-order valence-corrected chi connectivity index (χ1v) is 5.72. The van der Waals surface area contributed by atoms with Gasteiger partial charge < -0.3 is 9.53 Å². The smallest absolute Gasteiger partial charge is 0.308 e. The lowest BCUT2D eigenvalue weighted by atomic mass is 9.95. The number of carbonyl (C=O) groups is 2. The van der Waals surface area contributed by atoms with Crippen LogP contribution >= 0.6 is 0 Å². The van der Waals surface area contributed by atoms with Crippen LogP contribution in [-0.2, 0) is 14.3 Å². The molecule has 0 aliphatic heterocycles. The lowest BCUT2D eigenvalue weighted by Gasteiger charge is -2.13. The van der Waals surface area contributed by atoms with Gasteiger partial charge in [-0.15, -0.1) is 0 Å².